The van der Waals surface area contributed by atoms with Gasteiger partial charge in [0.15, 0.2) is 0 Å². The summed E-state index contributed by atoms with van der Waals surface area (Å²) in [5, 5.41) is 2.36. The van der Waals surface area contributed by atoms with E-state index < -0.39 is 5.41 Å². The van der Waals surface area contributed by atoms with Crippen LogP contribution in [0.15, 0.2) is 30.3 Å². The van der Waals surface area contributed by atoms with E-state index in [0.29, 0.717) is 5.92 Å². The molecule has 2 aliphatic rings. The molecular formula is C20H30NO2+. The zero-order valence-corrected chi connectivity index (χ0v) is 14.5. The lowest BCUT2D eigenvalue weighted by Gasteiger charge is -2.39. The van der Waals surface area contributed by atoms with Crippen molar-refractivity contribution in [2.24, 2.45) is 5.92 Å². The molecule has 0 aromatic heterocycles. The summed E-state index contributed by atoms with van der Waals surface area (Å²) in [5.41, 5.74) is 0.352. The van der Waals surface area contributed by atoms with Gasteiger partial charge in [0.1, 0.15) is 5.60 Å². The maximum Gasteiger partial charge on any atom is 0.317 e. The van der Waals surface area contributed by atoms with E-state index in [1.165, 1.54) is 0 Å². The number of hydrogen-bond donors (Lipinski definition) is 1. The number of carbonyl (C=O) groups is 1. The van der Waals surface area contributed by atoms with Gasteiger partial charge in [-0.2, -0.15) is 0 Å². The molecule has 3 rings (SSSR count). The molecular weight excluding hydrogens is 286 g/mol. The Kier molecular flexibility index (Phi) is 4.77. The summed E-state index contributed by atoms with van der Waals surface area (Å²) < 4.78 is 6.17. The number of rotatable bonds is 4. The van der Waals surface area contributed by atoms with Crippen molar-refractivity contribution in [3.8, 4) is 0 Å². The lowest BCUT2D eigenvalue weighted by Crippen LogP contribution is -2.86. The van der Waals surface area contributed by atoms with Crippen LogP contribution < -0.4 is 5.32 Å². The van der Waals surface area contributed by atoms with E-state index in [1.807, 2.05) is 18.2 Å². The lowest BCUT2D eigenvalue weighted by molar-refractivity contribution is -0.665. The molecule has 0 radical (unpaired) electrons. The van der Waals surface area contributed by atoms with Crippen LogP contribution in [0.1, 0.15) is 57.9 Å². The molecule has 1 aromatic rings. The Morgan fingerprint density at radius 3 is 2.35 bits per heavy atom. The number of esters is 1. The molecule has 126 valence electrons. The van der Waals surface area contributed by atoms with Crippen LogP contribution in [0.4, 0.5) is 0 Å². The monoisotopic (exact) mass is 316 g/mol. The predicted octanol–water partition coefficient (Wildman–Crippen LogP) is 2.79. The van der Waals surface area contributed by atoms with E-state index in [0.717, 1.165) is 57.2 Å². The van der Waals surface area contributed by atoms with Crippen LogP contribution in [0.5, 0.6) is 0 Å². The van der Waals surface area contributed by atoms with Crippen molar-refractivity contribution in [3.63, 3.8) is 0 Å². The van der Waals surface area contributed by atoms with E-state index >= 15 is 0 Å². The number of carbonyl (C=O) groups excluding carboxylic acids is 1. The molecule has 0 bridgehead atoms. The first-order valence-electron chi connectivity index (χ1n) is 9.15. The first-order chi connectivity index (χ1) is 11.0. The average molecular weight is 316 g/mol. The molecule has 3 heteroatoms. The summed E-state index contributed by atoms with van der Waals surface area (Å²) >= 11 is 0. The normalized spacial score (nSPS) is 22.0. The zero-order chi connectivity index (χ0) is 16.3. The number of ether oxygens (including phenoxy) is 1. The van der Waals surface area contributed by atoms with Crippen LogP contribution in [0.25, 0.3) is 0 Å². The summed E-state index contributed by atoms with van der Waals surface area (Å²) in [5.74, 6) is 0.478. The van der Waals surface area contributed by atoms with Crippen LogP contribution >= 0.6 is 0 Å². The van der Waals surface area contributed by atoms with Gasteiger partial charge < -0.3 is 10.1 Å². The minimum Gasteiger partial charge on any atom is -0.459 e. The highest BCUT2D eigenvalue weighted by Crippen LogP contribution is 2.43. The van der Waals surface area contributed by atoms with Gasteiger partial charge in [0.05, 0.1) is 18.5 Å². The third-order valence-electron chi connectivity index (χ3n) is 5.95. The summed E-state index contributed by atoms with van der Waals surface area (Å²) in [6, 6.07) is 10.3. The standard InChI is InChI=1S/C20H29NO2/c1-19(2,16-10-14-21-15-11-16)23-18(22)20(12-6-7-13-20)17-8-4-3-5-9-17/h3-5,8-9,16,21H,6-7,10-15H2,1-2H3/p+1. The van der Waals surface area contributed by atoms with E-state index in [4.69, 9.17) is 4.74 Å². The molecule has 3 nitrogen and oxygen atoms in total. The van der Waals surface area contributed by atoms with Crippen molar-refractivity contribution in [1.82, 2.24) is 0 Å². The summed E-state index contributed by atoms with van der Waals surface area (Å²) in [4.78, 5) is 13.2. The molecule has 2 N–H and O–H groups in total. The second-order valence-corrected chi connectivity index (χ2v) is 7.79. The van der Waals surface area contributed by atoms with Gasteiger partial charge in [0.25, 0.3) is 0 Å². The second-order valence-electron chi connectivity index (χ2n) is 7.79. The third-order valence-corrected chi connectivity index (χ3v) is 5.95. The van der Waals surface area contributed by atoms with Gasteiger partial charge >= 0.3 is 5.97 Å². The fourth-order valence-corrected chi connectivity index (χ4v) is 4.39. The molecule has 1 saturated heterocycles. The molecule has 1 aromatic carbocycles. The molecule has 1 aliphatic carbocycles. The SMILES string of the molecule is CC(C)(OC(=O)C1(c2ccccc2)CCCC1)C1CC[NH2+]CC1. The van der Waals surface area contributed by atoms with Crippen LogP contribution in [0.3, 0.4) is 0 Å². The Labute approximate surface area is 139 Å². The predicted molar refractivity (Wildman–Crippen MR) is 91.1 cm³/mol. The number of piperidine rings is 1. The maximum absolute atomic E-state index is 13.2. The second kappa shape index (κ2) is 6.64. The molecule has 1 aliphatic heterocycles. The smallest absolute Gasteiger partial charge is 0.317 e. The zero-order valence-electron chi connectivity index (χ0n) is 14.5. The Bertz CT molecular complexity index is 526. The van der Waals surface area contributed by atoms with Gasteiger partial charge in [-0.15, -0.1) is 0 Å². The van der Waals surface area contributed by atoms with E-state index in [2.05, 4.69) is 31.3 Å². The van der Waals surface area contributed by atoms with E-state index in [-0.39, 0.29) is 11.6 Å². The summed E-state index contributed by atoms with van der Waals surface area (Å²) in [6.07, 6.45) is 6.34. The molecule has 0 amide bonds. The summed E-state index contributed by atoms with van der Waals surface area (Å²) in [6.45, 7) is 6.51. The van der Waals surface area contributed by atoms with E-state index in [1.54, 1.807) is 0 Å². The lowest BCUT2D eigenvalue weighted by atomic mass is 9.78. The highest BCUT2D eigenvalue weighted by Gasteiger charge is 2.47. The van der Waals surface area contributed by atoms with Crippen LogP contribution in [0, 0.1) is 5.92 Å². The minimum absolute atomic E-state index is 0.000697. The van der Waals surface area contributed by atoms with Crippen LogP contribution in [0.2, 0.25) is 0 Å². The fraction of sp³-hybridized carbons (Fsp3) is 0.650. The first-order valence-corrected chi connectivity index (χ1v) is 9.15. The fourth-order valence-electron chi connectivity index (χ4n) is 4.39. The van der Waals surface area contributed by atoms with Gasteiger partial charge in [-0.25, -0.2) is 0 Å². The van der Waals surface area contributed by atoms with Gasteiger partial charge in [0, 0.05) is 18.8 Å². The number of benzene rings is 1. The molecule has 2 fully saturated rings. The average Bonchev–Trinajstić information content (AvgIpc) is 3.07. The minimum atomic E-state index is -0.417. The summed E-state index contributed by atoms with van der Waals surface area (Å²) in [7, 11) is 0. The quantitative estimate of drug-likeness (QED) is 0.868. The Hall–Kier alpha value is -1.35. The van der Waals surface area contributed by atoms with Crippen molar-refractivity contribution < 1.29 is 14.8 Å². The van der Waals surface area contributed by atoms with Crippen molar-refractivity contribution in [2.45, 2.75) is 63.4 Å². The third kappa shape index (κ3) is 3.30. The number of quaternary nitrogens is 1. The van der Waals surface area contributed by atoms with Crippen molar-refractivity contribution in [1.29, 1.82) is 0 Å². The van der Waals surface area contributed by atoms with Crippen molar-refractivity contribution >= 4 is 5.97 Å². The Balaban J connectivity index is 1.79. The van der Waals surface area contributed by atoms with Gasteiger partial charge in [-0.1, -0.05) is 43.2 Å². The molecule has 1 saturated carbocycles. The number of hydrogen-bond acceptors (Lipinski definition) is 2. The molecule has 23 heavy (non-hydrogen) atoms. The molecule has 0 spiro atoms. The maximum atomic E-state index is 13.2. The van der Waals surface area contributed by atoms with Crippen LogP contribution in [-0.4, -0.2) is 24.7 Å². The topological polar surface area (TPSA) is 42.9 Å². The van der Waals surface area contributed by atoms with Crippen molar-refractivity contribution in [3.05, 3.63) is 35.9 Å². The highest BCUT2D eigenvalue weighted by atomic mass is 16.6. The first kappa shape index (κ1) is 16.5. The number of nitrogens with two attached hydrogens (primary N) is 1. The Morgan fingerprint density at radius 2 is 1.74 bits per heavy atom. The van der Waals surface area contributed by atoms with Gasteiger partial charge in [-0.05, 0) is 32.3 Å². The highest BCUT2D eigenvalue weighted by molar-refractivity contribution is 5.84. The Morgan fingerprint density at radius 1 is 1.13 bits per heavy atom. The van der Waals surface area contributed by atoms with Crippen LogP contribution in [-0.2, 0) is 14.9 Å². The van der Waals surface area contributed by atoms with E-state index in [9.17, 15) is 4.79 Å². The molecule has 0 atom stereocenters. The van der Waals surface area contributed by atoms with Gasteiger partial charge in [-0.3, -0.25) is 4.79 Å². The largest absolute Gasteiger partial charge is 0.459 e. The molecule has 0 unspecified atom stereocenters. The van der Waals surface area contributed by atoms with Crippen molar-refractivity contribution in [2.75, 3.05) is 13.1 Å². The van der Waals surface area contributed by atoms with Gasteiger partial charge in [0.2, 0.25) is 0 Å². The molecule has 1 heterocycles.